The average Bonchev–Trinajstić information content (AvgIpc) is 3.40. The number of hydrogen-bond acceptors (Lipinski definition) is 9. The van der Waals surface area contributed by atoms with Crippen molar-refractivity contribution >= 4 is 23.3 Å². The van der Waals surface area contributed by atoms with Crippen LogP contribution in [0.25, 0.3) is 0 Å². The normalized spacial score (nSPS) is 16.8. The van der Waals surface area contributed by atoms with Gasteiger partial charge in [0.05, 0.1) is 17.3 Å². The molecule has 0 saturated carbocycles. The number of anilines is 1. The summed E-state index contributed by atoms with van der Waals surface area (Å²) in [7, 11) is 0. The number of benzene rings is 3. The second kappa shape index (κ2) is 15.9. The Morgan fingerprint density at radius 1 is 1.04 bits per heavy atom. The Kier molecular flexibility index (Phi) is 11.6. The van der Waals surface area contributed by atoms with Gasteiger partial charge in [-0.25, -0.2) is 4.39 Å². The molecular weight excluding hydrogens is 665 g/mol. The highest BCUT2D eigenvalue weighted by atomic mass is 19.3. The van der Waals surface area contributed by atoms with Crippen molar-refractivity contribution in [2.45, 2.75) is 65.4 Å². The second-order valence-electron chi connectivity index (χ2n) is 13.7. The maximum absolute atomic E-state index is 15.3. The number of Topliss-reactive ketones (excluding diaryl/α,β-unsaturated/α-hetero) is 1. The summed E-state index contributed by atoms with van der Waals surface area (Å²) in [5.74, 6) is -3.11. The van der Waals surface area contributed by atoms with Crippen molar-refractivity contribution < 1.29 is 41.8 Å². The van der Waals surface area contributed by atoms with Crippen molar-refractivity contribution in [3.8, 4) is 17.6 Å². The van der Waals surface area contributed by atoms with Crippen LogP contribution in [0.2, 0.25) is 0 Å². The van der Waals surface area contributed by atoms with Crippen LogP contribution in [0.4, 0.5) is 18.9 Å². The van der Waals surface area contributed by atoms with E-state index in [-0.39, 0.29) is 43.0 Å². The monoisotopic (exact) mass is 706 g/mol. The fraction of sp³-hybridized carbons (Fsp3) is 0.421. The number of fused-ring (bicyclic) bond motifs is 1. The fourth-order valence-corrected chi connectivity index (χ4v) is 6.59. The average molecular weight is 707 g/mol. The number of ether oxygens (including phenoxy) is 3. The Balaban J connectivity index is 1.17. The van der Waals surface area contributed by atoms with E-state index >= 15 is 4.39 Å². The van der Waals surface area contributed by atoms with E-state index in [0.717, 1.165) is 5.56 Å². The molecule has 2 N–H and O–H groups in total. The first-order valence-corrected chi connectivity index (χ1v) is 16.8. The number of carbonyl (C=O) groups is 3. The van der Waals surface area contributed by atoms with E-state index in [0.29, 0.717) is 60.9 Å². The number of ketones is 1. The molecule has 1 fully saturated rings. The molecule has 1 amide bonds. The summed E-state index contributed by atoms with van der Waals surface area (Å²) < 4.78 is 57.4. The van der Waals surface area contributed by atoms with Gasteiger partial charge in [0.1, 0.15) is 23.8 Å². The third kappa shape index (κ3) is 9.38. The van der Waals surface area contributed by atoms with Gasteiger partial charge in [0.2, 0.25) is 5.91 Å². The lowest BCUT2D eigenvalue weighted by Gasteiger charge is -2.36. The Morgan fingerprint density at radius 3 is 2.43 bits per heavy atom. The van der Waals surface area contributed by atoms with Crippen LogP contribution >= 0.6 is 0 Å². The summed E-state index contributed by atoms with van der Waals surface area (Å²) in [6, 6.07) is 16.4. The van der Waals surface area contributed by atoms with E-state index in [4.69, 9.17) is 20.5 Å². The van der Waals surface area contributed by atoms with Gasteiger partial charge in [-0.2, -0.15) is 14.0 Å². The van der Waals surface area contributed by atoms with Gasteiger partial charge in [-0.05, 0) is 63.4 Å². The molecule has 13 heteroatoms. The zero-order chi connectivity index (χ0) is 36.9. The molecule has 5 rings (SSSR count). The third-order valence-electron chi connectivity index (χ3n) is 9.01. The lowest BCUT2D eigenvalue weighted by Crippen LogP contribution is -2.46. The van der Waals surface area contributed by atoms with Crippen LogP contribution in [0, 0.1) is 29.0 Å². The summed E-state index contributed by atoms with van der Waals surface area (Å²) in [6.07, 6.45) is 0.220. The number of carbonyl (C=O) groups excluding carboxylic acids is 3. The molecule has 270 valence electrons. The minimum Gasteiger partial charge on any atom is -0.488 e. The number of esters is 1. The van der Waals surface area contributed by atoms with Gasteiger partial charge in [-0.1, -0.05) is 24.3 Å². The number of alkyl halides is 2. The van der Waals surface area contributed by atoms with Crippen LogP contribution in [-0.2, 0) is 33.9 Å². The van der Waals surface area contributed by atoms with E-state index < -0.39 is 41.7 Å². The SMILES string of the molecule is CC(C)(C)OC(=O)CC[C@@H](C(N)=O)C1Cc2c(OCc3ccc(CN4CCN(c5ccc(C#N)cc5OC(F)F)CC4)cc3F)cccc2C1=O. The number of hydrogen-bond donors (Lipinski definition) is 1. The van der Waals surface area contributed by atoms with Crippen molar-refractivity contribution in [2.75, 3.05) is 31.1 Å². The predicted molar refractivity (Wildman–Crippen MR) is 182 cm³/mol. The smallest absolute Gasteiger partial charge is 0.387 e. The van der Waals surface area contributed by atoms with Crippen LogP contribution in [0.5, 0.6) is 11.5 Å². The number of nitriles is 1. The number of nitrogens with zero attached hydrogens (tertiary/aromatic N) is 3. The summed E-state index contributed by atoms with van der Waals surface area (Å²) in [6.45, 7) is 4.84. The van der Waals surface area contributed by atoms with Gasteiger partial charge in [0.15, 0.2) is 11.5 Å². The molecule has 10 nitrogen and oxygen atoms in total. The molecule has 3 aromatic carbocycles. The van der Waals surface area contributed by atoms with Crippen molar-refractivity contribution in [2.24, 2.45) is 17.6 Å². The number of halogens is 3. The first kappa shape index (κ1) is 37.2. The van der Waals surface area contributed by atoms with Crippen LogP contribution in [-0.4, -0.2) is 61.0 Å². The van der Waals surface area contributed by atoms with Gasteiger partial charge < -0.3 is 24.8 Å². The standard InChI is InChI=1S/C38H41F3N4O6/c1-38(2,3)51-34(46)12-10-27(36(43)48)29-19-28-26(35(29)47)5-4-6-32(28)49-22-25-9-7-24(17-30(25)39)21-44-13-15-45(16-14-44)31-11-8-23(20-42)18-33(31)50-37(40)41/h4-9,11,17-18,27,29,37H,10,12-16,19,21-22H2,1-3H3,(H2,43,48)/t27-,29?/m1/s1. The summed E-state index contributed by atoms with van der Waals surface area (Å²) >= 11 is 0. The first-order valence-electron chi connectivity index (χ1n) is 16.8. The number of primary amides is 1. The minimum absolute atomic E-state index is 0.0468. The van der Waals surface area contributed by atoms with Gasteiger partial charge in [-0.3, -0.25) is 19.3 Å². The van der Waals surface area contributed by atoms with Crippen LogP contribution in [0.1, 0.15) is 66.2 Å². The molecule has 0 aromatic heterocycles. The molecule has 1 heterocycles. The lowest BCUT2D eigenvalue weighted by atomic mass is 9.85. The number of nitrogens with two attached hydrogens (primary N) is 1. The molecule has 0 bridgehead atoms. The molecule has 2 atom stereocenters. The molecule has 51 heavy (non-hydrogen) atoms. The highest BCUT2D eigenvalue weighted by molar-refractivity contribution is 6.05. The Hall–Kier alpha value is -5.09. The highest BCUT2D eigenvalue weighted by Crippen LogP contribution is 2.39. The molecule has 2 aliphatic rings. The number of rotatable bonds is 13. The summed E-state index contributed by atoms with van der Waals surface area (Å²) in [4.78, 5) is 42.1. The van der Waals surface area contributed by atoms with Crippen molar-refractivity contribution in [3.05, 3.63) is 88.2 Å². The lowest BCUT2D eigenvalue weighted by molar-refractivity contribution is -0.155. The fourth-order valence-electron chi connectivity index (χ4n) is 6.59. The largest absolute Gasteiger partial charge is 0.488 e. The minimum atomic E-state index is -3.02. The molecular formula is C38H41F3N4O6. The van der Waals surface area contributed by atoms with E-state index in [2.05, 4.69) is 9.64 Å². The van der Waals surface area contributed by atoms with E-state index in [1.54, 1.807) is 57.2 Å². The van der Waals surface area contributed by atoms with Gasteiger partial charge in [0.25, 0.3) is 0 Å². The van der Waals surface area contributed by atoms with Crippen molar-refractivity contribution in [3.63, 3.8) is 0 Å². The molecule has 3 aromatic rings. The summed E-state index contributed by atoms with van der Waals surface area (Å²) in [5, 5.41) is 9.14. The highest BCUT2D eigenvalue weighted by Gasteiger charge is 2.40. The maximum atomic E-state index is 15.3. The van der Waals surface area contributed by atoms with Gasteiger partial charge >= 0.3 is 12.6 Å². The number of amides is 1. The second-order valence-corrected chi connectivity index (χ2v) is 13.7. The van der Waals surface area contributed by atoms with Crippen molar-refractivity contribution in [1.29, 1.82) is 5.26 Å². The predicted octanol–water partition coefficient (Wildman–Crippen LogP) is 5.78. The molecule has 1 saturated heterocycles. The molecule has 0 spiro atoms. The first-order chi connectivity index (χ1) is 24.2. The van der Waals surface area contributed by atoms with Gasteiger partial charge in [-0.15, -0.1) is 0 Å². The molecule has 0 radical (unpaired) electrons. The maximum Gasteiger partial charge on any atom is 0.387 e. The molecule has 1 unspecified atom stereocenters. The zero-order valence-electron chi connectivity index (χ0n) is 28.8. The van der Waals surface area contributed by atoms with Crippen LogP contribution in [0.15, 0.2) is 54.6 Å². The zero-order valence-corrected chi connectivity index (χ0v) is 28.8. The number of piperazine rings is 1. The van der Waals surface area contributed by atoms with Crippen molar-refractivity contribution in [1.82, 2.24) is 4.90 Å². The summed E-state index contributed by atoms with van der Waals surface area (Å²) in [5.41, 5.74) is 7.81. The van der Waals surface area contributed by atoms with E-state index in [1.165, 1.54) is 12.1 Å². The topological polar surface area (TPSA) is 135 Å². The Bertz CT molecular complexity index is 1810. The Morgan fingerprint density at radius 2 is 1.78 bits per heavy atom. The molecule has 1 aliphatic heterocycles. The van der Waals surface area contributed by atoms with Gasteiger partial charge in [0, 0.05) is 73.7 Å². The quantitative estimate of drug-likeness (QED) is 0.220. The van der Waals surface area contributed by atoms with Crippen LogP contribution in [0.3, 0.4) is 0 Å². The third-order valence-corrected chi connectivity index (χ3v) is 9.01. The Labute approximate surface area is 294 Å². The van der Waals surface area contributed by atoms with Crippen LogP contribution < -0.4 is 20.1 Å². The van der Waals surface area contributed by atoms with E-state index in [1.807, 2.05) is 17.0 Å². The molecule has 1 aliphatic carbocycles. The van der Waals surface area contributed by atoms with E-state index in [9.17, 15) is 23.2 Å².